The second kappa shape index (κ2) is 6.83. The van der Waals surface area contributed by atoms with Crippen molar-refractivity contribution in [1.82, 2.24) is 5.32 Å². The largest absolute Gasteiger partial charge is 0.312 e. The molecule has 0 aliphatic carbocycles. The zero-order chi connectivity index (χ0) is 10.3. The minimum Gasteiger partial charge on any atom is -0.312 e. The van der Waals surface area contributed by atoms with Gasteiger partial charge in [0.05, 0.1) is 0 Å². The molecule has 0 aromatic carbocycles. The highest BCUT2D eigenvalue weighted by atomic mass is 79.9. The predicted octanol–water partition coefficient (Wildman–Crippen LogP) is 3.58. The van der Waals surface area contributed by atoms with E-state index < -0.39 is 0 Å². The lowest BCUT2D eigenvalue weighted by atomic mass is 9.99. The molecule has 0 rings (SSSR count). The summed E-state index contributed by atoms with van der Waals surface area (Å²) in [6, 6.07) is 0. The lowest BCUT2D eigenvalue weighted by Gasteiger charge is -2.27. The van der Waals surface area contributed by atoms with E-state index in [4.69, 9.17) is 0 Å². The van der Waals surface area contributed by atoms with Crippen LogP contribution in [0.1, 0.15) is 47.0 Å². The fourth-order valence-corrected chi connectivity index (χ4v) is 2.36. The first-order valence-corrected chi connectivity index (χ1v) is 6.45. The molecule has 1 nitrogen and oxygen atoms in total. The maximum atomic E-state index is 3.61. The van der Waals surface area contributed by atoms with Crippen LogP contribution < -0.4 is 5.32 Å². The quantitative estimate of drug-likeness (QED) is 0.681. The van der Waals surface area contributed by atoms with Crippen LogP contribution in [0.15, 0.2) is 0 Å². The van der Waals surface area contributed by atoms with Crippen LogP contribution in [0.25, 0.3) is 0 Å². The molecule has 0 aliphatic rings. The number of hydrogen-bond donors (Lipinski definition) is 1. The molecule has 0 bridgehead atoms. The minimum atomic E-state index is 0.283. The normalized spacial score (nSPS) is 14.5. The van der Waals surface area contributed by atoms with E-state index in [-0.39, 0.29) is 5.54 Å². The third kappa shape index (κ3) is 7.51. The summed E-state index contributed by atoms with van der Waals surface area (Å²) >= 11 is 3.48. The molecule has 80 valence electrons. The monoisotopic (exact) mass is 249 g/mol. The fourth-order valence-electron chi connectivity index (χ4n) is 1.37. The number of rotatable bonds is 7. The van der Waals surface area contributed by atoms with Gasteiger partial charge in [0.2, 0.25) is 0 Å². The molecule has 0 aliphatic heterocycles. The molecule has 0 aromatic rings. The smallest absolute Gasteiger partial charge is 0.0133 e. The van der Waals surface area contributed by atoms with Crippen molar-refractivity contribution in [1.29, 1.82) is 0 Å². The van der Waals surface area contributed by atoms with Gasteiger partial charge in [-0.2, -0.15) is 0 Å². The summed E-state index contributed by atoms with van der Waals surface area (Å²) in [5.41, 5.74) is 0.283. The van der Waals surface area contributed by atoms with E-state index in [2.05, 4.69) is 48.9 Å². The average Bonchev–Trinajstić information content (AvgIpc) is 2.02. The molecule has 0 saturated heterocycles. The van der Waals surface area contributed by atoms with Gasteiger partial charge in [-0.25, -0.2) is 0 Å². The van der Waals surface area contributed by atoms with Crippen molar-refractivity contribution in [3.8, 4) is 0 Å². The molecule has 0 spiro atoms. The van der Waals surface area contributed by atoms with Gasteiger partial charge in [0.1, 0.15) is 0 Å². The zero-order valence-electron chi connectivity index (χ0n) is 9.49. The molecular weight excluding hydrogens is 226 g/mol. The van der Waals surface area contributed by atoms with Crippen LogP contribution >= 0.6 is 15.9 Å². The van der Waals surface area contributed by atoms with E-state index in [9.17, 15) is 0 Å². The molecule has 13 heavy (non-hydrogen) atoms. The Balaban J connectivity index is 3.60. The zero-order valence-corrected chi connectivity index (χ0v) is 11.1. The maximum absolute atomic E-state index is 3.61. The Morgan fingerprint density at radius 3 is 2.46 bits per heavy atom. The van der Waals surface area contributed by atoms with Gasteiger partial charge < -0.3 is 5.32 Å². The number of hydrogen-bond acceptors (Lipinski definition) is 1. The van der Waals surface area contributed by atoms with Crippen molar-refractivity contribution in [2.24, 2.45) is 5.92 Å². The molecule has 1 N–H and O–H groups in total. The van der Waals surface area contributed by atoms with Crippen LogP contribution in [0, 0.1) is 5.92 Å². The van der Waals surface area contributed by atoms with Crippen LogP contribution in [0.5, 0.6) is 0 Å². The van der Waals surface area contributed by atoms with E-state index in [0.717, 1.165) is 17.8 Å². The topological polar surface area (TPSA) is 12.0 Å². The predicted molar refractivity (Wildman–Crippen MR) is 64.6 cm³/mol. The summed E-state index contributed by atoms with van der Waals surface area (Å²) < 4.78 is 0. The summed E-state index contributed by atoms with van der Waals surface area (Å²) in [6.45, 7) is 10.3. The Kier molecular flexibility index (Phi) is 7.06. The third-order valence-electron chi connectivity index (χ3n) is 2.43. The Bertz CT molecular complexity index is 123. The van der Waals surface area contributed by atoms with Crippen molar-refractivity contribution >= 4 is 15.9 Å². The molecule has 0 radical (unpaired) electrons. The Hall–Kier alpha value is 0.440. The standard InChI is InChI=1S/C11H24BrN/c1-5-6-10(2)9-13-11(3,4)7-8-12/h10,13H,5-9H2,1-4H3. The Labute approximate surface area is 91.8 Å². The van der Waals surface area contributed by atoms with Crippen LogP contribution in [0.4, 0.5) is 0 Å². The van der Waals surface area contributed by atoms with Crippen molar-refractivity contribution < 1.29 is 0 Å². The molecule has 1 unspecified atom stereocenters. The van der Waals surface area contributed by atoms with Crippen LogP contribution in [-0.2, 0) is 0 Å². The summed E-state index contributed by atoms with van der Waals surface area (Å²) in [5.74, 6) is 0.805. The van der Waals surface area contributed by atoms with Gasteiger partial charge in [-0.15, -0.1) is 0 Å². The number of halogens is 1. The van der Waals surface area contributed by atoms with E-state index in [1.165, 1.54) is 19.3 Å². The first-order chi connectivity index (χ1) is 6.02. The van der Waals surface area contributed by atoms with Crippen LogP contribution in [-0.4, -0.2) is 17.4 Å². The van der Waals surface area contributed by atoms with E-state index in [1.54, 1.807) is 0 Å². The van der Waals surface area contributed by atoms with Crippen LogP contribution in [0.3, 0.4) is 0 Å². The average molecular weight is 250 g/mol. The van der Waals surface area contributed by atoms with Crippen molar-refractivity contribution in [2.75, 3.05) is 11.9 Å². The fraction of sp³-hybridized carbons (Fsp3) is 1.00. The van der Waals surface area contributed by atoms with Crippen molar-refractivity contribution in [3.05, 3.63) is 0 Å². The van der Waals surface area contributed by atoms with E-state index in [0.29, 0.717) is 0 Å². The maximum Gasteiger partial charge on any atom is 0.0133 e. The molecule has 2 heteroatoms. The molecule has 0 aromatic heterocycles. The number of nitrogens with one attached hydrogen (secondary N) is 1. The molecular formula is C11H24BrN. The molecule has 1 atom stereocenters. The van der Waals surface area contributed by atoms with Gasteiger partial charge >= 0.3 is 0 Å². The van der Waals surface area contributed by atoms with Gasteiger partial charge in [0.15, 0.2) is 0 Å². The SMILES string of the molecule is CCCC(C)CNC(C)(C)CCBr. The second-order valence-electron chi connectivity index (χ2n) is 4.60. The summed E-state index contributed by atoms with van der Waals surface area (Å²) in [4.78, 5) is 0. The van der Waals surface area contributed by atoms with Gasteiger partial charge in [-0.3, -0.25) is 0 Å². The first kappa shape index (κ1) is 13.4. The number of alkyl halides is 1. The molecule has 0 heterocycles. The van der Waals surface area contributed by atoms with Gasteiger partial charge in [-0.05, 0) is 39.2 Å². The molecule has 0 amide bonds. The highest BCUT2D eigenvalue weighted by molar-refractivity contribution is 9.09. The van der Waals surface area contributed by atoms with E-state index in [1.807, 2.05) is 0 Å². The second-order valence-corrected chi connectivity index (χ2v) is 5.39. The summed E-state index contributed by atoms with van der Waals surface area (Å²) in [5, 5.41) is 4.69. The van der Waals surface area contributed by atoms with Crippen molar-refractivity contribution in [3.63, 3.8) is 0 Å². The third-order valence-corrected chi connectivity index (χ3v) is 2.83. The Morgan fingerprint density at radius 2 is 2.00 bits per heavy atom. The molecule has 0 saturated carbocycles. The lowest BCUT2D eigenvalue weighted by molar-refractivity contribution is 0.341. The lowest BCUT2D eigenvalue weighted by Crippen LogP contribution is -2.41. The summed E-state index contributed by atoms with van der Waals surface area (Å²) in [6.07, 6.45) is 3.81. The van der Waals surface area contributed by atoms with Gasteiger partial charge in [0.25, 0.3) is 0 Å². The van der Waals surface area contributed by atoms with Gasteiger partial charge in [0, 0.05) is 10.9 Å². The van der Waals surface area contributed by atoms with Gasteiger partial charge in [-0.1, -0.05) is 36.2 Å². The first-order valence-electron chi connectivity index (χ1n) is 5.33. The van der Waals surface area contributed by atoms with Crippen molar-refractivity contribution in [2.45, 2.75) is 52.5 Å². The molecule has 0 fully saturated rings. The van der Waals surface area contributed by atoms with E-state index >= 15 is 0 Å². The van der Waals surface area contributed by atoms with Crippen LogP contribution in [0.2, 0.25) is 0 Å². The minimum absolute atomic E-state index is 0.283. The highest BCUT2D eigenvalue weighted by Crippen LogP contribution is 2.12. The Morgan fingerprint density at radius 1 is 1.38 bits per heavy atom. The summed E-state index contributed by atoms with van der Waals surface area (Å²) in [7, 11) is 0. The highest BCUT2D eigenvalue weighted by Gasteiger charge is 2.16.